The maximum atomic E-state index is 13.9. The number of aryl methyl sites for hydroxylation is 1. The number of nitrogens with zero attached hydrogens (tertiary/aromatic N) is 1. The van der Waals surface area contributed by atoms with Gasteiger partial charge < -0.3 is 20.3 Å². The van der Waals surface area contributed by atoms with Crippen molar-refractivity contribution in [3.63, 3.8) is 0 Å². The van der Waals surface area contributed by atoms with Crippen molar-refractivity contribution in [1.82, 2.24) is 10.2 Å². The largest absolute Gasteiger partial charge is 0.383 e. The number of nitrogens with one attached hydrogen (secondary N) is 2. The molecule has 0 bridgehead atoms. The molecule has 0 saturated carbocycles. The Labute approximate surface area is 168 Å². The molecule has 0 aliphatic carbocycles. The number of carbonyl (C=O) groups is 3. The molecule has 0 saturated heterocycles. The van der Waals surface area contributed by atoms with Gasteiger partial charge in [-0.3, -0.25) is 14.4 Å². The zero-order chi connectivity index (χ0) is 21.2. The molecule has 0 aliphatic rings. The predicted octanol–water partition coefficient (Wildman–Crippen LogP) is 1.98. The van der Waals surface area contributed by atoms with Gasteiger partial charge in [0.15, 0.2) is 0 Å². The first-order valence-corrected chi connectivity index (χ1v) is 9.06. The lowest BCUT2D eigenvalue weighted by Gasteiger charge is -2.22. The molecule has 154 valence electrons. The second-order valence-electron chi connectivity index (χ2n) is 6.39. The van der Waals surface area contributed by atoms with Crippen LogP contribution in [0.25, 0.3) is 0 Å². The fourth-order valence-electron chi connectivity index (χ4n) is 2.51. The highest BCUT2D eigenvalue weighted by Gasteiger charge is 2.21. The van der Waals surface area contributed by atoms with E-state index in [4.69, 9.17) is 4.74 Å². The van der Waals surface area contributed by atoms with Crippen LogP contribution in [0.15, 0.2) is 48.5 Å². The predicted molar refractivity (Wildman–Crippen MR) is 107 cm³/mol. The summed E-state index contributed by atoms with van der Waals surface area (Å²) in [5, 5.41) is 5.13. The highest BCUT2D eigenvalue weighted by Crippen LogP contribution is 2.10. The van der Waals surface area contributed by atoms with Crippen LogP contribution in [0.5, 0.6) is 0 Å². The van der Waals surface area contributed by atoms with Gasteiger partial charge in [0.2, 0.25) is 11.8 Å². The number of ether oxygens (including phenoxy) is 1. The maximum Gasteiger partial charge on any atom is 0.257 e. The standard InChI is InChI=1S/C21H24FN3O4/c1-15-7-9-16(10-8-15)24-19(26)13-23-20(27)14-25(11-12-29-2)21(28)17-5-3-4-6-18(17)22/h3-10H,11-14H2,1-2H3,(H,23,27)(H,24,26). The third-order valence-corrected chi connectivity index (χ3v) is 4.07. The van der Waals surface area contributed by atoms with Gasteiger partial charge in [0, 0.05) is 19.3 Å². The fraction of sp³-hybridized carbons (Fsp3) is 0.286. The molecular weight excluding hydrogens is 377 g/mol. The minimum Gasteiger partial charge on any atom is -0.383 e. The molecule has 7 nitrogen and oxygen atoms in total. The average molecular weight is 401 g/mol. The Hall–Kier alpha value is -3.26. The summed E-state index contributed by atoms with van der Waals surface area (Å²) in [6.07, 6.45) is 0. The number of methoxy groups -OCH3 is 1. The number of halogens is 1. The number of benzene rings is 2. The lowest BCUT2D eigenvalue weighted by molar-refractivity contribution is -0.124. The molecule has 29 heavy (non-hydrogen) atoms. The van der Waals surface area contributed by atoms with E-state index >= 15 is 0 Å². The molecule has 0 unspecified atom stereocenters. The Kier molecular flexibility index (Phi) is 8.29. The Bertz CT molecular complexity index is 855. The lowest BCUT2D eigenvalue weighted by atomic mass is 10.2. The number of hydrogen-bond donors (Lipinski definition) is 2. The molecule has 0 radical (unpaired) electrons. The summed E-state index contributed by atoms with van der Waals surface area (Å²) in [5.41, 5.74) is 1.55. The van der Waals surface area contributed by atoms with E-state index in [1.807, 2.05) is 19.1 Å². The van der Waals surface area contributed by atoms with Crippen molar-refractivity contribution in [1.29, 1.82) is 0 Å². The first kappa shape index (κ1) is 22.0. The first-order chi connectivity index (χ1) is 13.9. The van der Waals surface area contributed by atoms with Gasteiger partial charge in [-0.1, -0.05) is 29.8 Å². The van der Waals surface area contributed by atoms with Gasteiger partial charge in [0.25, 0.3) is 5.91 Å². The van der Waals surface area contributed by atoms with Gasteiger partial charge in [0.05, 0.1) is 25.3 Å². The summed E-state index contributed by atoms with van der Waals surface area (Å²) in [6.45, 7) is 1.64. The minimum absolute atomic E-state index is 0.104. The number of hydrogen-bond acceptors (Lipinski definition) is 4. The van der Waals surface area contributed by atoms with Crippen molar-refractivity contribution < 1.29 is 23.5 Å². The van der Waals surface area contributed by atoms with Gasteiger partial charge in [-0.15, -0.1) is 0 Å². The van der Waals surface area contributed by atoms with Gasteiger partial charge >= 0.3 is 0 Å². The second kappa shape index (κ2) is 10.9. The Morgan fingerprint density at radius 2 is 1.72 bits per heavy atom. The average Bonchev–Trinajstić information content (AvgIpc) is 2.71. The first-order valence-electron chi connectivity index (χ1n) is 9.06. The van der Waals surface area contributed by atoms with E-state index in [1.54, 1.807) is 18.2 Å². The van der Waals surface area contributed by atoms with Gasteiger partial charge in [-0.2, -0.15) is 0 Å². The number of rotatable bonds is 9. The molecule has 2 aromatic rings. The smallest absolute Gasteiger partial charge is 0.257 e. The molecule has 2 rings (SSSR count). The van der Waals surface area contributed by atoms with Gasteiger partial charge in [-0.25, -0.2) is 4.39 Å². The van der Waals surface area contributed by atoms with Crippen molar-refractivity contribution in [2.45, 2.75) is 6.92 Å². The van der Waals surface area contributed by atoms with E-state index in [0.717, 1.165) is 5.56 Å². The number of carbonyl (C=O) groups excluding carboxylic acids is 3. The topological polar surface area (TPSA) is 87.7 Å². The normalized spacial score (nSPS) is 10.3. The number of anilines is 1. The highest BCUT2D eigenvalue weighted by atomic mass is 19.1. The second-order valence-corrected chi connectivity index (χ2v) is 6.39. The summed E-state index contributed by atoms with van der Waals surface area (Å²) in [6, 6.07) is 12.8. The quantitative estimate of drug-likeness (QED) is 0.673. The Morgan fingerprint density at radius 3 is 2.38 bits per heavy atom. The summed E-state index contributed by atoms with van der Waals surface area (Å²) in [4.78, 5) is 38.0. The number of amides is 3. The van der Waals surface area contributed by atoms with E-state index < -0.39 is 23.5 Å². The summed E-state index contributed by atoms with van der Waals surface area (Å²) in [7, 11) is 1.46. The Morgan fingerprint density at radius 1 is 1.03 bits per heavy atom. The monoisotopic (exact) mass is 401 g/mol. The van der Waals surface area contributed by atoms with E-state index in [1.165, 1.54) is 30.2 Å². The summed E-state index contributed by atoms with van der Waals surface area (Å²) < 4.78 is 18.9. The zero-order valence-corrected chi connectivity index (χ0v) is 16.4. The summed E-state index contributed by atoms with van der Waals surface area (Å²) >= 11 is 0. The zero-order valence-electron chi connectivity index (χ0n) is 16.4. The third kappa shape index (κ3) is 7.00. The van der Waals surface area contributed by atoms with Gasteiger partial charge in [0.1, 0.15) is 5.82 Å². The SMILES string of the molecule is COCCN(CC(=O)NCC(=O)Nc1ccc(C)cc1)C(=O)c1ccccc1F. The van der Waals surface area contributed by atoms with Crippen molar-refractivity contribution in [3.8, 4) is 0 Å². The summed E-state index contributed by atoms with van der Waals surface area (Å²) in [5.74, 6) is -2.23. The maximum absolute atomic E-state index is 13.9. The Balaban J connectivity index is 1.91. The molecule has 3 amide bonds. The van der Waals surface area contributed by atoms with E-state index in [9.17, 15) is 18.8 Å². The van der Waals surface area contributed by atoms with Crippen LogP contribution in [-0.2, 0) is 14.3 Å². The molecule has 0 heterocycles. The molecule has 0 atom stereocenters. The van der Waals surface area contributed by atoms with Gasteiger partial charge in [-0.05, 0) is 31.2 Å². The minimum atomic E-state index is -0.669. The molecule has 0 spiro atoms. The molecule has 8 heteroatoms. The molecule has 2 N–H and O–H groups in total. The van der Waals surface area contributed by atoms with Crippen LogP contribution in [-0.4, -0.2) is 56.0 Å². The lowest BCUT2D eigenvalue weighted by Crippen LogP contribution is -2.44. The van der Waals surface area contributed by atoms with Crippen LogP contribution in [0.3, 0.4) is 0 Å². The molecule has 0 aromatic heterocycles. The molecule has 0 fully saturated rings. The van der Waals surface area contributed by atoms with E-state index in [-0.39, 0.29) is 31.8 Å². The van der Waals surface area contributed by atoms with Crippen LogP contribution in [0.1, 0.15) is 15.9 Å². The van der Waals surface area contributed by atoms with Crippen molar-refractivity contribution >= 4 is 23.4 Å². The van der Waals surface area contributed by atoms with Crippen molar-refractivity contribution in [2.24, 2.45) is 0 Å². The van der Waals surface area contributed by atoms with Crippen LogP contribution >= 0.6 is 0 Å². The van der Waals surface area contributed by atoms with Crippen LogP contribution in [0.4, 0.5) is 10.1 Å². The van der Waals surface area contributed by atoms with Crippen molar-refractivity contribution in [3.05, 3.63) is 65.5 Å². The molecule has 0 aliphatic heterocycles. The van der Waals surface area contributed by atoms with Crippen LogP contribution in [0.2, 0.25) is 0 Å². The van der Waals surface area contributed by atoms with Crippen LogP contribution in [0, 0.1) is 12.7 Å². The fourth-order valence-corrected chi connectivity index (χ4v) is 2.51. The molecule has 2 aromatic carbocycles. The van der Waals surface area contributed by atoms with Crippen LogP contribution < -0.4 is 10.6 Å². The van der Waals surface area contributed by atoms with Crippen molar-refractivity contribution in [2.75, 3.05) is 38.7 Å². The highest BCUT2D eigenvalue weighted by molar-refractivity contribution is 5.98. The van der Waals surface area contributed by atoms with E-state index in [0.29, 0.717) is 5.69 Å². The third-order valence-electron chi connectivity index (χ3n) is 4.07. The van der Waals surface area contributed by atoms with E-state index in [2.05, 4.69) is 10.6 Å². The molecular formula is C21H24FN3O4.